The Morgan fingerprint density at radius 3 is 3.14 bits per heavy atom. The average Bonchev–Trinajstić information content (AvgIpc) is 3.15. The molecule has 0 saturated heterocycles. The van der Waals surface area contributed by atoms with Crippen LogP contribution in [-0.4, -0.2) is 44.3 Å². The number of rotatable bonds is 3. The Hall–Kier alpha value is -3.07. The standard InChI is InChI=1S/C15H13N5O.3H2/c1-3-6-20(2)15(21)12-7-10(8-17-12)13-11-4-5-16-14(11)19-9-18-13;;;/h1,4-5,7-9,17H,6H2,2H3,(H,16,18,19);3*1H. The van der Waals surface area contributed by atoms with Crippen LogP contribution in [0.3, 0.4) is 0 Å². The lowest BCUT2D eigenvalue weighted by molar-refractivity contribution is 0.0807. The van der Waals surface area contributed by atoms with Gasteiger partial charge in [0.1, 0.15) is 17.7 Å². The summed E-state index contributed by atoms with van der Waals surface area (Å²) in [6, 6.07) is 3.67. The van der Waals surface area contributed by atoms with Gasteiger partial charge < -0.3 is 14.9 Å². The van der Waals surface area contributed by atoms with E-state index in [9.17, 15) is 4.79 Å². The van der Waals surface area contributed by atoms with Gasteiger partial charge in [-0.1, -0.05) is 5.92 Å². The smallest absolute Gasteiger partial charge is 0.270 e. The zero-order valence-corrected chi connectivity index (χ0v) is 11.4. The maximum absolute atomic E-state index is 12.2. The van der Waals surface area contributed by atoms with Crippen LogP contribution in [0.1, 0.15) is 14.8 Å². The van der Waals surface area contributed by atoms with Crippen LogP contribution in [0.5, 0.6) is 0 Å². The van der Waals surface area contributed by atoms with Crippen LogP contribution >= 0.6 is 0 Å². The SMILES string of the molecule is C#CCN(C)C(=O)c1cc(-c2ncnc3[nH]ccc23)c[nH]1.[HH].[HH].[HH]. The predicted molar refractivity (Wildman–Crippen MR) is 85.8 cm³/mol. The highest BCUT2D eigenvalue weighted by molar-refractivity contribution is 5.96. The molecule has 0 aromatic carbocycles. The van der Waals surface area contributed by atoms with Crippen molar-refractivity contribution in [3.05, 3.63) is 36.5 Å². The topological polar surface area (TPSA) is 77.7 Å². The van der Waals surface area contributed by atoms with E-state index in [1.807, 2.05) is 12.3 Å². The second kappa shape index (κ2) is 5.13. The fraction of sp³-hybridized carbons (Fsp3) is 0.133. The number of aromatic nitrogens is 4. The summed E-state index contributed by atoms with van der Waals surface area (Å²) >= 11 is 0. The predicted octanol–water partition coefficient (Wildman–Crippen LogP) is 2.40. The first-order valence-corrected chi connectivity index (χ1v) is 6.36. The number of carbonyl (C=O) groups excluding carboxylic acids is 1. The van der Waals surface area contributed by atoms with Crippen LogP contribution in [0.15, 0.2) is 30.9 Å². The van der Waals surface area contributed by atoms with Crippen molar-refractivity contribution in [2.45, 2.75) is 0 Å². The summed E-state index contributed by atoms with van der Waals surface area (Å²) in [5.74, 6) is 2.29. The van der Waals surface area contributed by atoms with E-state index >= 15 is 0 Å². The van der Waals surface area contributed by atoms with E-state index in [2.05, 4.69) is 25.9 Å². The van der Waals surface area contributed by atoms with Gasteiger partial charge >= 0.3 is 0 Å². The lowest BCUT2D eigenvalue weighted by Crippen LogP contribution is -2.27. The van der Waals surface area contributed by atoms with Crippen molar-refractivity contribution in [1.29, 1.82) is 0 Å². The minimum Gasteiger partial charge on any atom is -0.357 e. The molecule has 0 aliphatic rings. The van der Waals surface area contributed by atoms with Gasteiger partial charge in [-0.05, 0) is 12.1 Å². The Labute approximate surface area is 125 Å². The fourth-order valence-electron chi connectivity index (χ4n) is 2.17. The molecule has 6 heteroatoms. The first-order chi connectivity index (χ1) is 10.2. The van der Waals surface area contributed by atoms with Crippen LogP contribution in [0, 0.1) is 12.3 Å². The Morgan fingerprint density at radius 1 is 1.48 bits per heavy atom. The van der Waals surface area contributed by atoms with Gasteiger partial charge in [0.15, 0.2) is 0 Å². The third-order valence-electron chi connectivity index (χ3n) is 3.22. The molecule has 0 saturated carbocycles. The highest BCUT2D eigenvalue weighted by atomic mass is 16.2. The number of H-pyrrole nitrogens is 2. The van der Waals surface area contributed by atoms with E-state index in [1.54, 1.807) is 19.3 Å². The summed E-state index contributed by atoms with van der Waals surface area (Å²) in [7, 11) is 1.66. The summed E-state index contributed by atoms with van der Waals surface area (Å²) in [6.45, 7) is 0.267. The van der Waals surface area contributed by atoms with Crippen molar-refractivity contribution in [3.63, 3.8) is 0 Å². The first-order valence-electron chi connectivity index (χ1n) is 6.36. The van der Waals surface area contributed by atoms with Gasteiger partial charge in [-0.2, -0.15) is 0 Å². The van der Waals surface area contributed by atoms with E-state index in [1.165, 1.54) is 11.2 Å². The van der Waals surface area contributed by atoms with Crippen molar-refractivity contribution < 1.29 is 9.07 Å². The molecule has 3 rings (SSSR count). The summed E-state index contributed by atoms with van der Waals surface area (Å²) in [4.78, 5) is 28.1. The third-order valence-corrected chi connectivity index (χ3v) is 3.22. The number of nitrogens with zero attached hydrogens (tertiary/aromatic N) is 3. The molecule has 3 aromatic rings. The quantitative estimate of drug-likeness (QED) is 0.725. The van der Waals surface area contributed by atoms with Crippen molar-refractivity contribution in [2.24, 2.45) is 0 Å². The number of carbonyl (C=O) groups is 1. The molecule has 0 aliphatic carbocycles. The number of fused-ring (bicyclic) bond motifs is 1. The summed E-state index contributed by atoms with van der Waals surface area (Å²) in [5, 5.41) is 0.910. The minimum atomic E-state index is -0.154. The molecule has 0 bridgehead atoms. The van der Waals surface area contributed by atoms with E-state index in [0.29, 0.717) is 5.69 Å². The molecule has 0 fully saturated rings. The molecule has 3 heterocycles. The van der Waals surface area contributed by atoms with E-state index < -0.39 is 0 Å². The zero-order chi connectivity index (χ0) is 14.8. The van der Waals surface area contributed by atoms with Crippen LogP contribution < -0.4 is 0 Å². The van der Waals surface area contributed by atoms with Gasteiger partial charge in [-0.25, -0.2) is 9.97 Å². The summed E-state index contributed by atoms with van der Waals surface area (Å²) in [5.41, 5.74) is 2.85. The van der Waals surface area contributed by atoms with Gasteiger partial charge in [0, 0.05) is 34.7 Å². The molecular weight excluding hydrogens is 266 g/mol. The Bertz CT molecular complexity index is 852. The number of aromatic amines is 2. The maximum Gasteiger partial charge on any atom is 0.270 e. The Kier molecular flexibility index (Phi) is 3.16. The lowest BCUT2D eigenvalue weighted by Gasteiger charge is -2.11. The first kappa shape index (κ1) is 12.9. The molecule has 3 aromatic heterocycles. The number of hydrogen-bond acceptors (Lipinski definition) is 3. The number of terminal acetylenes is 1. The normalized spacial score (nSPS) is 10.5. The number of nitrogens with one attached hydrogen (secondary N) is 2. The molecule has 0 radical (unpaired) electrons. The molecule has 0 spiro atoms. The van der Waals surface area contributed by atoms with Crippen molar-refractivity contribution in [2.75, 3.05) is 13.6 Å². The third kappa shape index (κ3) is 2.25. The highest BCUT2D eigenvalue weighted by Gasteiger charge is 2.15. The largest absolute Gasteiger partial charge is 0.357 e. The maximum atomic E-state index is 12.2. The van der Waals surface area contributed by atoms with Crippen molar-refractivity contribution >= 4 is 16.9 Å². The Morgan fingerprint density at radius 2 is 2.33 bits per heavy atom. The van der Waals surface area contributed by atoms with Crippen LogP contribution in [0.4, 0.5) is 0 Å². The van der Waals surface area contributed by atoms with Crippen molar-refractivity contribution in [3.8, 4) is 23.6 Å². The minimum absolute atomic E-state index is 0. The summed E-state index contributed by atoms with van der Waals surface area (Å²) in [6.07, 6.45) is 10.3. The van der Waals surface area contributed by atoms with Gasteiger partial charge in [-0.15, -0.1) is 6.42 Å². The lowest BCUT2D eigenvalue weighted by atomic mass is 10.1. The number of hydrogen-bond donors (Lipinski definition) is 2. The highest BCUT2D eigenvalue weighted by Crippen LogP contribution is 2.25. The van der Waals surface area contributed by atoms with Crippen LogP contribution in [-0.2, 0) is 0 Å². The molecule has 110 valence electrons. The molecule has 0 aliphatic heterocycles. The second-order valence-electron chi connectivity index (χ2n) is 4.63. The zero-order valence-electron chi connectivity index (χ0n) is 11.4. The average molecular weight is 285 g/mol. The molecule has 2 N–H and O–H groups in total. The fourth-order valence-corrected chi connectivity index (χ4v) is 2.17. The second-order valence-corrected chi connectivity index (χ2v) is 4.63. The van der Waals surface area contributed by atoms with Gasteiger partial charge in [0.2, 0.25) is 0 Å². The van der Waals surface area contributed by atoms with Gasteiger partial charge in [0.25, 0.3) is 5.91 Å². The van der Waals surface area contributed by atoms with Gasteiger partial charge in [0.05, 0.1) is 12.2 Å². The molecule has 0 atom stereocenters. The monoisotopic (exact) mass is 285 g/mol. The molecule has 0 unspecified atom stereocenters. The summed E-state index contributed by atoms with van der Waals surface area (Å²) < 4.78 is 0. The van der Waals surface area contributed by atoms with Crippen molar-refractivity contribution in [1.82, 2.24) is 24.8 Å². The van der Waals surface area contributed by atoms with Crippen LogP contribution in [0.2, 0.25) is 0 Å². The van der Waals surface area contributed by atoms with Gasteiger partial charge in [-0.3, -0.25) is 4.79 Å². The number of amides is 1. The van der Waals surface area contributed by atoms with E-state index in [-0.39, 0.29) is 16.7 Å². The van der Waals surface area contributed by atoms with Crippen LogP contribution in [0.25, 0.3) is 22.3 Å². The van der Waals surface area contributed by atoms with E-state index in [0.717, 1.165) is 22.3 Å². The molecule has 21 heavy (non-hydrogen) atoms. The molecular formula is C15H19N5O. The van der Waals surface area contributed by atoms with E-state index in [4.69, 9.17) is 6.42 Å². The Balaban J connectivity index is 0.00000176. The molecule has 6 nitrogen and oxygen atoms in total. The molecule has 1 amide bonds.